The van der Waals surface area contributed by atoms with E-state index >= 15 is 0 Å². The fraction of sp³-hybridized carbons (Fsp3) is 0.0400. The van der Waals surface area contributed by atoms with Gasteiger partial charge in [0.25, 0.3) is 0 Å². The number of ether oxygens (including phenoxy) is 1. The average molecular weight is 507 g/mol. The Balaban J connectivity index is 1.33. The van der Waals surface area contributed by atoms with E-state index in [9.17, 15) is 13.2 Å². The number of alkyl halides is 3. The van der Waals surface area contributed by atoms with Gasteiger partial charge in [0.15, 0.2) is 5.11 Å². The molecule has 0 saturated heterocycles. The van der Waals surface area contributed by atoms with E-state index < -0.39 is 6.36 Å². The number of rotatable bonds is 5. The predicted octanol–water partition coefficient (Wildman–Crippen LogP) is 5.79. The van der Waals surface area contributed by atoms with Crippen LogP contribution in [-0.4, -0.2) is 32.2 Å². The summed E-state index contributed by atoms with van der Waals surface area (Å²) in [7, 11) is 0. The molecule has 0 aliphatic heterocycles. The lowest BCUT2D eigenvalue weighted by atomic mass is 10.1. The Morgan fingerprint density at radius 3 is 2.64 bits per heavy atom. The first-order chi connectivity index (χ1) is 17.4. The molecule has 0 aliphatic rings. The van der Waals surface area contributed by atoms with E-state index in [2.05, 4.69) is 30.5 Å². The molecule has 0 aliphatic carbocycles. The fourth-order valence-electron chi connectivity index (χ4n) is 3.68. The minimum Gasteiger partial charge on any atom is -0.406 e. The van der Waals surface area contributed by atoms with Gasteiger partial charge in [0, 0.05) is 17.3 Å². The minimum absolute atomic E-state index is 0.279. The molecule has 2 heterocycles. The number of imidazole rings is 1. The molecule has 0 unspecified atom stereocenters. The van der Waals surface area contributed by atoms with Gasteiger partial charge in [-0.3, -0.25) is 15.0 Å². The van der Waals surface area contributed by atoms with Crippen LogP contribution in [0, 0.1) is 0 Å². The summed E-state index contributed by atoms with van der Waals surface area (Å²) in [6.45, 7) is 0. The topological polar surface area (TPSA) is 76.4 Å². The number of fused-ring (bicyclic) bond motifs is 3. The monoisotopic (exact) mass is 506 g/mol. The van der Waals surface area contributed by atoms with Gasteiger partial charge in [0.05, 0.1) is 29.1 Å². The molecule has 5 rings (SSSR count). The van der Waals surface area contributed by atoms with Crippen molar-refractivity contribution in [2.75, 3.05) is 5.32 Å². The molecule has 0 saturated carbocycles. The standard InChI is InChI=1S/C25H17F3N6OS/c26-25(27,28)35-20-7-5-19(6-8-20)34-15-30-23-21-9-3-16(12-17(21)4-10-22(23)34)13-31-33-24(36)32-18-2-1-11-29-14-18/h1-15H,(H2,32,33,36)/b31-13+. The molecule has 0 spiro atoms. The smallest absolute Gasteiger partial charge is 0.406 e. The SMILES string of the molecule is FC(F)(F)Oc1ccc(-n2cnc3c4ccc(/C=N/NC(=S)Nc5cccnc5)cc4ccc32)cc1. The van der Waals surface area contributed by atoms with Crippen molar-refractivity contribution in [3.05, 3.63) is 91.0 Å². The Morgan fingerprint density at radius 1 is 1.06 bits per heavy atom. The molecule has 0 fully saturated rings. The maximum atomic E-state index is 12.4. The van der Waals surface area contributed by atoms with Crippen LogP contribution in [0.1, 0.15) is 5.56 Å². The van der Waals surface area contributed by atoms with Crippen LogP contribution in [0.5, 0.6) is 5.75 Å². The van der Waals surface area contributed by atoms with Gasteiger partial charge < -0.3 is 10.1 Å². The van der Waals surface area contributed by atoms with E-state index in [-0.39, 0.29) is 5.75 Å². The summed E-state index contributed by atoms with van der Waals surface area (Å²) in [6, 6.07) is 19.0. The van der Waals surface area contributed by atoms with Gasteiger partial charge in [-0.15, -0.1) is 13.2 Å². The summed E-state index contributed by atoms with van der Waals surface area (Å²) in [4.78, 5) is 8.55. The number of nitrogens with zero attached hydrogens (tertiary/aromatic N) is 4. The normalized spacial score (nSPS) is 11.8. The van der Waals surface area contributed by atoms with Gasteiger partial charge in [-0.25, -0.2) is 4.98 Å². The molecule has 0 bridgehead atoms. The number of benzene rings is 3. The van der Waals surface area contributed by atoms with Gasteiger partial charge in [-0.2, -0.15) is 5.10 Å². The molecule has 36 heavy (non-hydrogen) atoms. The third-order valence-corrected chi connectivity index (χ3v) is 5.40. The van der Waals surface area contributed by atoms with Crippen molar-refractivity contribution >= 4 is 51.0 Å². The molecule has 0 atom stereocenters. The van der Waals surface area contributed by atoms with Crippen LogP contribution in [0.2, 0.25) is 0 Å². The van der Waals surface area contributed by atoms with Crippen molar-refractivity contribution in [2.45, 2.75) is 6.36 Å². The lowest BCUT2D eigenvalue weighted by Crippen LogP contribution is -2.23. The largest absolute Gasteiger partial charge is 0.573 e. The van der Waals surface area contributed by atoms with Crippen LogP contribution >= 0.6 is 12.2 Å². The zero-order valence-electron chi connectivity index (χ0n) is 18.4. The minimum atomic E-state index is -4.73. The average Bonchev–Trinajstić information content (AvgIpc) is 3.29. The third-order valence-electron chi connectivity index (χ3n) is 5.20. The summed E-state index contributed by atoms with van der Waals surface area (Å²) in [5, 5.41) is 9.39. The summed E-state index contributed by atoms with van der Waals surface area (Å²) in [5.74, 6) is -0.279. The first-order valence-corrected chi connectivity index (χ1v) is 11.0. The Kier molecular flexibility index (Phi) is 6.21. The number of hydrazone groups is 1. The van der Waals surface area contributed by atoms with Crippen molar-refractivity contribution in [1.82, 2.24) is 20.0 Å². The number of aromatic nitrogens is 3. The Labute approximate surface area is 208 Å². The second kappa shape index (κ2) is 9.62. The molecule has 0 amide bonds. The van der Waals surface area contributed by atoms with E-state index in [0.29, 0.717) is 10.8 Å². The molecule has 2 N–H and O–H groups in total. The van der Waals surface area contributed by atoms with E-state index in [1.165, 1.54) is 12.1 Å². The lowest BCUT2D eigenvalue weighted by molar-refractivity contribution is -0.274. The van der Waals surface area contributed by atoms with Gasteiger partial charge in [-0.1, -0.05) is 18.2 Å². The molecule has 2 aromatic heterocycles. The molecule has 7 nitrogen and oxygen atoms in total. The second-order valence-electron chi connectivity index (χ2n) is 7.64. The molecule has 5 aromatic rings. The van der Waals surface area contributed by atoms with E-state index in [0.717, 1.165) is 33.1 Å². The highest BCUT2D eigenvalue weighted by molar-refractivity contribution is 7.80. The molecular weight excluding hydrogens is 489 g/mol. The summed E-state index contributed by atoms with van der Waals surface area (Å²) in [6.07, 6.45) is 1.89. The second-order valence-corrected chi connectivity index (χ2v) is 8.04. The van der Waals surface area contributed by atoms with Crippen LogP contribution in [-0.2, 0) is 0 Å². The number of nitrogens with one attached hydrogen (secondary N) is 2. The first-order valence-electron chi connectivity index (χ1n) is 10.6. The van der Waals surface area contributed by atoms with Crippen molar-refractivity contribution < 1.29 is 17.9 Å². The van der Waals surface area contributed by atoms with Crippen LogP contribution < -0.4 is 15.5 Å². The van der Waals surface area contributed by atoms with Crippen LogP contribution in [0.3, 0.4) is 0 Å². The Morgan fingerprint density at radius 2 is 1.89 bits per heavy atom. The highest BCUT2D eigenvalue weighted by Gasteiger charge is 2.31. The first kappa shape index (κ1) is 23.2. The number of anilines is 1. The van der Waals surface area contributed by atoms with E-state index in [1.807, 2.05) is 41.0 Å². The van der Waals surface area contributed by atoms with Gasteiger partial charge in [0.2, 0.25) is 0 Å². The maximum Gasteiger partial charge on any atom is 0.573 e. The van der Waals surface area contributed by atoms with E-state index in [4.69, 9.17) is 12.2 Å². The van der Waals surface area contributed by atoms with E-state index in [1.54, 1.807) is 43.1 Å². The fourth-order valence-corrected chi connectivity index (χ4v) is 3.85. The molecule has 11 heteroatoms. The van der Waals surface area contributed by atoms with Crippen molar-refractivity contribution in [3.8, 4) is 11.4 Å². The zero-order chi connectivity index (χ0) is 25.1. The zero-order valence-corrected chi connectivity index (χ0v) is 19.2. The number of thiocarbonyl (C=S) groups is 1. The third kappa shape index (κ3) is 5.26. The quantitative estimate of drug-likeness (QED) is 0.179. The number of pyridine rings is 1. The summed E-state index contributed by atoms with van der Waals surface area (Å²) in [5.41, 5.74) is 6.64. The lowest BCUT2D eigenvalue weighted by Gasteiger charge is -2.10. The summed E-state index contributed by atoms with van der Waals surface area (Å²) < 4.78 is 43.0. The molecule has 180 valence electrons. The van der Waals surface area contributed by atoms with Gasteiger partial charge >= 0.3 is 6.36 Å². The van der Waals surface area contributed by atoms with Crippen LogP contribution in [0.25, 0.3) is 27.5 Å². The predicted molar refractivity (Wildman–Crippen MR) is 136 cm³/mol. The molecule has 0 radical (unpaired) electrons. The van der Waals surface area contributed by atoms with Crippen LogP contribution in [0.15, 0.2) is 90.6 Å². The van der Waals surface area contributed by atoms with Crippen molar-refractivity contribution in [3.63, 3.8) is 0 Å². The van der Waals surface area contributed by atoms with Gasteiger partial charge in [-0.05, 0) is 71.7 Å². The highest BCUT2D eigenvalue weighted by Crippen LogP contribution is 2.28. The highest BCUT2D eigenvalue weighted by atomic mass is 32.1. The number of hydrogen-bond acceptors (Lipinski definition) is 5. The Hall–Kier alpha value is -4.51. The molecular formula is C25H17F3N6OS. The maximum absolute atomic E-state index is 12.4. The van der Waals surface area contributed by atoms with Crippen molar-refractivity contribution in [2.24, 2.45) is 5.10 Å². The number of hydrogen-bond donors (Lipinski definition) is 2. The molecule has 3 aromatic carbocycles. The Bertz CT molecular complexity index is 1570. The number of halogens is 3. The van der Waals surface area contributed by atoms with Crippen LogP contribution in [0.4, 0.5) is 18.9 Å². The summed E-state index contributed by atoms with van der Waals surface area (Å²) >= 11 is 5.22. The van der Waals surface area contributed by atoms with Gasteiger partial charge in [0.1, 0.15) is 12.1 Å². The van der Waals surface area contributed by atoms with Crippen molar-refractivity contribution in [1.29, 1.82) is 0 Å².